The van der Waals surface area contributed by atoms with E-state index >= 15 is 0 Å². The highest BCUT2D eigenvalue weighted by Gasteiger charge is 2.49. The number of anilines is 1. The Hall–Kier alpha value is -2.13. The van der Waals surface area contributed by atoms with Crippen LogP contribution in [0.1, 0.15) is 18.1 Å². The van der Waals surface area contributed by atoms with E-state index in [-0.39, 0.29) is 0 Å². The molecule has 0 unspecified atom stereocenters. The summed E-state index contributed by atoms with van der Waals surface area (Å²) in [5.74, 6) is 1.27. The molecule has 0 saturated carbocycles. The molecule has 2 aliphatic rings. The summed E-state index contributed by atoms with van der Waals surface area (Å²) in [5, 5.41) is 11.5. The molecule has 21 heavy (non-hydrogen) atoms. The molecule has 3 nitrogen and oxygen atoms in total. The summed E-state index contributed by atoms with van der Waals surface area (Å²) in [6.07, 6.45) is 0. The highest BCUT2D eigenvalue weighted by Crippen LogP contribution is 2.46. The van der Waals surface area contributed by atoms with Crippen molar-refractivity contribution in [3.63, 3.8) is 0 Å². The average Bonchev–Trinajstić information content (AvgIpc) is 2.79. The van der Waals surface area contributed by atoms with Crippen LogP contribution in [0.3, 0.4) is 0 Å². The highest BCUT2D eigenvalue weighted by molar-refractivity contribution is 6.12. The topological polar surface area (TPSA) is 35.8 Å². The molecule has 0 fully saturated rings. The van der Waals surface area contributed by atoms with Crippen molar-refractivity contribution in [1.29, 1.82) is 0 Å². The number of fused-ring (bicyclic) bond motifs is 3. The van der Waals surface area contributed by atoms with E-state index in [0.29, 0.717) is 5.92 Å². The molecule has 2 aliphatic heterocycles. The van der Waals surface area contributed by atoms with Gasteiger partial charge in [0.25, 0.3) is 0 Å². The molecule has 106 valence electrons. The van der Waals surface area contributed by atoms with Gasteiger partial charge in [-0.1, -0.05) is 55.5 Å². The standard InChI is InChI=1S/C18H18N2O/c1-13-11-19-17-18(21,14-7-3-2-4-8-14)15-9-5-6-10-16(15)20(17)12-13/h2-10,13,21H,11-12H2,1H3/t13-,18+/m0/s1. The second-order valence-electron chi connectivity index (χ2n) is 5.97. The number of amidine groups is 1. The number of para-hydroxylation sites is 1. The second-order valence-corrected chi connectivity index (χ2v) is 5.97. The maximum Gasteiger partial charge on any atom is 0.174 e. The van der Waals surface area contributed by atoms with Gasteiger partial charge >= 0.3 is 0 Å². The Kier molecular flexibility index (Phi) is 2.66. The zero-order valence-electron chi connectivity index (χ0n) is 12.0. The first-order chi connectivity index (χ1) is 10.2. The van der Waals surface area contributed by atoms with Crippen molar-refractivity contribution in [3.8, 4) is 0 Å². The van der Waals surface area contributed by atoms with E-state index in [1.165, 1.54) is 0 Å². The fourth-order valence-corrected chi connectivity index (χ4v) is 3.41. The maximum atomic E-state index is 11.5. The zero-order chi connectivity index (χ0) is 14.4. The predicted molar refractivity (Wildman–Crippen MR) is 84.7 cm³/mol. The SMILES string of the molecule is C[C@H]1CN=C2N(C1)c1ccccc1[C@]2(O)c1ccccc1. The van der Waals surface area contributed by atoms with Crippen LogP contribution >= 0.6 is 0 Å². The van der Waals surface area contributed by atoms with Crippen molar-refractivity contribution in [1.82, 2.24) is 0 Å². The molecule has 0 saturated heterocycles. The van der Waals surface area contributed by atoms with Gasteiger partial charge in [-0.2, -0.15) is 0 Å². The van der Waals surface area contributed by atoms with Crippen LogP contribution in [0.4, 0.5) is 5.69 Å². The fraction of sp³-hybridized carbons (Fsp3) is 0.278. The third kappa shape index (κ3) is 1.67. The van der Waals surface area contributed by atoms with E-state index in [9.17, 15) is 5.11 Å². The highest BCUT2D eigenvalue weighted by atomic mass is 16.3. The lowest BCUT2D eigenvalue weighted by Crippen LogP contribution is -2.46. The molecule has 0 bridgehead atoms. The molecule has 2 heterocycles. The molecule has 0 aliphatic carbocycles. The largest absolute Gasteiger partial charge is 0.373 e. The smallest absolute Gasteiger partial charge is 0.174 e. The molecule has 0 aromatic heterocycles. The van der Waals surface area contributed by atoms with E-state index in [1.54, 1.807) is 0 Å². The third-order valence-electron chi connectivity index (χ3n) is 4.40. The summed E-state index contributed by atoms with van der Waals surface area (Å²) in [6.45, 7) is 3.88. The minimum absolute atomic E-state index is 0.500. The normalized spacial score (nSPS) is 27.0. The van der Waals surface area contributed by atoms with Gasteiger partial charge in [-0.3, -0.25) is 4.99 Å². The second kappa shape index (κ2) is 4.43. The fourth-order valence-electron chi connectivity index (χ4n) is 3.41. The number of benzene rings is 2. The minimum Gasteiger partial charge on any atom is -0.373 e. The van der Waals surface area contributed by atoms with Crippen molar-refractivity contribution < 1.29 is 5.11 Å². The van der Waals surface area contributed by atoms with Gasteiger partial charge < -0.3 is 10.0 Å². The van der Waals surface area contributed by atoms with Crippen molar-refractivity contribution in [3.05, 3.63) is 65.7 Å². The van der Waals surface area contributed by atoms with Crippen molar-refractivity contribution in [2.24, 2.45) is 10.9 Å². The van der Waals surface area contributed by atoms with Crippen molar-refractivity contribution in [2.45, 2.75) is 12.5 Å². The van der Waals surface area contributed by atoms with Crippen molar-refractivity contribution >= 4 is 11.5 Å². The summed E-state index contributed by atoms with van der Waals surface area (Å²) >= 11 is 0. The van der Waals surface area contributed by atoms with Crippen LogP contribution in [-0.4, -0.2) is 24.0 Å². The quantitative estimate of drug-likeness (QED) is 0.870. The summed E-state index contributed by atoms with van der Waals surface area (Å²) in [5.41, 5.74) is 1.77. The molecular weight excluding hydrogens is 260 g/mol. The van der Waals surface area contributed by atoms with E-state index in [1.807, 2.05) is 48.5 Å². The van der Waals surface area contributed by atoms with Crippen LogP contribution in [0.5, 0.6) is 0 Å². The number of aliphatic imine (C=N–C) groups is 1. The number of rotatable bonds is 1. The molecule has 0 radical (unpaired) electrons. The van der Waals surface area contributed by atoms with Gasteiger partial charge in [0.15, 0.2) is 5.60 Å². The Morgan fingerprint density at radius 2 is 1.81 bits per heavy atom. The van der Waals surface area contributed by atoms with Crippen LogP contribution in [-0.2, 0) is 5.60 Å². The third-order valence-corrected chi connectivity index (χ3v) is 4.40. The van der Waals surface area contributed by atoms with Gasteiger partial charge in [-0.15, -0.1) is 0 Å². The van der Waals surface area contributed by atoms with E-state index < -0.39 is 5.60 Å². The van der Waals surface area contributed by atoms with E-state index in [2.05, 4.69) is 17.9 Å². The monoisotopic (exact) mass is 278 g/mol. The predicted octanol–water partition coefficient (Wildman–Crippen LogP) is 2.79. The average molecular weight is 278 g/mol. The summed E-state index contributed by atoms with van der Waals surface area (Å²) in [6, 6.07) is 17.9. The molecule has 4 rings (SSSR count). The number of aliphatic hydroxyl groups is 1. The van der Waals surface area contributed by atoms with Crippen LogP contribution < -0.4 is 4.90 Å². The molecule has 3 heteroatoms. The molecule has 1 N–H and O–H groups in total. The maximum absolute atomic E-state index is 11.5. The lowest BCUT2D eigenvalue weighted by molar-refractivity contribution is 0.158. The first-order valence-corrected chi connectivity index (χ1v) is 7.41. The van der Waals surface area contributed by atoms with Gasteiger partial charge in [-0.05, 0) is 17.5 Å². The van der Waals surface area contributed by atoms with E-state index in [4.69, 9.17) is 4.99 Å². The molecular formula is C18H18N2O. The zero-order valence-corrected chi connectivity index (χ0v) is 12.0. The Balaban J connectivity index is 1.98. The van der Waals surface area contributed by atoms with Gasteiger partial charge in [0, 0.05) is 24.3 Å². The lowest BCUT2D eigenvalue weighted by Gasteiger charge is -2.32. The van der Waals surface area contributed by atoms with Crippen LogP contribution in [0, 0.1) is 5.92 Å². The summed E-state index contributed by atoms with van der Waals surface area (Å²) < 4.78 is 0. The Morgan fingerprint density at radius 1 is 1.10 bits per heavy atom. The summed E-state index contributed by atoms with van der Waals surface area (Å²) in [4.78, 5) is 6.89. The van der Waals surface area contributed by atoms with E-state index in [0.717, 1.165) is 35.7 Å². The Labute approximate surface area is 124 Å². The number of nitrogens with zero attached hydrogens (tertiary/aromatic N) is 2. The lowest BCUT2D eigenvalue weighted by atomic mass is 9.87. The van der Waals surface area contributed by atoms with Crippen LogP contribution in [0.25, 0.3) is 0 Å². The summed E-state index contributed by atoms with van der Waals surface area (Å²) in [7, 11) is 0. The Morgan fingerprint density at radius 3 is 2.62 bits per heavy atom. The Bertz CT molecular complexity index is 710. The first kappa shape index (κ1) is 12.6. The molecule has 0 spiro atoms. The van der Waals surface area contributed by atoms with Gasteiger partial charge in [0.05, 0.1) is 0 Å². The number of hydrogen-bond acceptors (Lipinski definition) is 3. The van der Waals surface area contributed by atoms with Crippen LogP contribution in [0.2, 0.25) is 0 Å². The van der Waals surface area contributed by atoms with Gasteiger partial charge in [0.2, 0.25) is 0 Å². The molecule has 0 amide bonds. The van der Waals surface area contributed by atoms with Crippen molar-refractivity contribution in [2.75, 3.05) is 18.0 Å². The van der Waals surface area contributed by atoms with Crippen LogP contribution in [0.15, 0.2) is 59.6 Å². The molecule has 2 aromatic rings. The molecule has 2 atom stereocenters. The number of hydrogen-bond donors (Lipinski definition) is 1. The minimum atomic E-state index is -1.13. The molecule has 2 aromatic carbocycles. The van der Waals surface area contributed by atoms with Gasteiger partial charge in [-0.25, -0.2) is 0 Å². The first-order valence-electron chi connectivity index (χ1n) is 7.41. The van der Waals surface area contributed by atoms with Gasteiger partial charge in [0.1, 0.15) is 5.84 Å².